The monoisotopic (exact) mass is 249 g/mol. The van der Waals surface area contributed by atoms with Gasteiger partial charge in [-0.25, -0.2) is 4.79 Å². The van der Waals surface area contributed by atoms with Gasteiger partial charge in [-0.15, -0.1) is 0 Å². The zero-order chi connectivity index (χ0) is 6.69. The first-order valence-corrected chi connectivity index (χ1v) is 2.59. The molecule has 0 aliphatic heterocycles. The van der Waals surface area contributed by atoms with Crippen molar-refractivity contribution >= 4 is 5.97 Å². The summed E-state index contributed by atoms with van der Waals surface area (Å²) >= 11 is 0. The summed E-state index contributed by atoms with van der Waals surface area (Å²) in [7, 11) is 0. The van der Waals surface area contributed by atoms with Crippen LogP contribution in [0.1, 0.15) is 10.4 Å². The summed E-state index contributed by atoms with van der Waals surface area (Å²) in [4.78, 5) is 10.2. The van der Waals surface area contributed by atoms with Gasteiger partial charge in [0.1, 0.15) is 0 Å². The molecule has 0 bridgehead atoms. The summed E-state index contributed by atoms with van der Waals surface area (Å²) < 4.78 is 0. The Morgan fingerprint density at radius 1 is 0.929 bits per heavy atom. The summed E-state index contributed by atoms with van der Waals surface area (Å²) in [6.45, 7) is 0. The van der Waals surface area contributed by atoms with Gasteiger partial charge in [-0.3, -0.25) is 0 Å². The van der Waals surface area contributed by atoms with Gasteiger partial charge in [-0.05, 0) is 12.1 Å². The third-order valence-electron chi connectivity index (χ3n) is 1.02. The Balaban J connectivity index is -0.0000000540. The fraction of sp³-hybridized carbons (Fsp3) is 0. The molecule has 1 rings (SSSR count). The third-order valence-corrected chi connectivity index (χ3v) is 1.02. The standard InChI is InChI=1S/C7H6O2.Mn.4H2O/c8-7(9)6-4-2-1-3-5-6;;;;;/h1-5H,(H,8,9);;4*1H2. The molecule has 0 unspecified atom stereocenters. The first-order chi connectivity index (χ1) is 4.30. The number of hydrogen-bond donors (Lipinski definition) is 1. The van der Waals surface area contributed by atoms with Gasteiger partial charge < -0.3 is 27.0 Å². The predicted octanol–water partition coefficient (Wildman–Crippen LogP) is -1.92. The summed E-state index contributed by atoms with van der Waals surface area (Å²) in [5.41, 5.74) is 0.331. The minimum atomic E-state index is -0.879. The largest absolute Gasteiger partial charge is 0.478 e. The zero-order valence-corrected chi connectivity index (χ0v) is 8.30. The van der Waals surface area contributed by atoms with E-state index in [-0.39, 0.29) is 39.0 Å². The van der Waals surface area contributed by atoms with Crippen LogP contribution >= 0.6 is 0 Å². The Morgan fingerprint density at radius 2 is 1.29 bits per heavy atom. The maximum absolute atomic E-state index is 10.2. The van der Waals surface area contributed by atoms with Crippen LogP contribution in [0.5, 0.6) is 0 Å². The Morgan fingerprint density at radius 3 is 1.50 bits per heavy atom. The Hall–Kier alpha value is -0.951. The van der Waals surface area contributed by atoms with Crippen molar-refractivity contribution in [2.75, 3.05) is 0 Å². The third kappa shape index (κ3) is 9.14. The molecule has 7 heteroatoms. The van der Waals surface area contributed by atoms with Crippen molar-refractivity contribution in [1.82, 2.24) is 0 Å². The van der Waals surface area contributed by atoms with Gasteiger partial charge >= 0.3 is 5.97 Å². The van der Waals surface area contributed by atoms with Crippen LogP contribution in [0, 0.1) is 0 Å². The van der Waals surface area contributed by atoms with Crippen molar-refractivity contribution in [2.45, 2.75) is 0 Å². The van der Waals surface area contributed by atoms with E-state index in [1.807, 2.05) is 0 Å². The van der Waals surface area contributed by atoms with Crippen LogP contribution in [0.4, 0.5) is 0 Å². The fourth-order valence-electron chi connectivity index (χ4n) is 0.581. The molecule has 14 heavy (non-hydrogen) atoms. The van der Waals surface area contributed by atoms with Crippen LogP contribution in [0.25, 0.3) is 0 Å². The van der Waals surface area contributed by atoms with Gasteiger partial charge in [0.15, 0.2) is 0 Å². The van der Waals surface area contributed by atoms with Gasteiger partial charge in [-0.2, -0.15) is 0 Å². The number of carbonyl (C=O) groups is 1. The molecule has 1 aromatic carbocycles. The van der Waals surface area contributed by atoms with Gasteiger partial charge in [0.05, 0.1) is 5.56 Å². The van der Waals surface area contributed by atoms with Crippen molar-refractivity contribution in [3.63, 3.8) is 0 Å². The SMILES string of the molecule is O.O.O.O.O=C(O)c1ccccc1.[Mn]. The average molecular weight is 249 g/mol. The molecular weight excluding hydrogens is 235 g/mol. The summed E-state index contributed by atoms with van der Waals surface area (Å²) in [6, 6.07) is 8.30. The topological polar surface area (TPSA) is 163 Å². The number of rotatable bonds is 1. The van der Waals surface area contributed by atoms with Crippen LogP contribution in [0.3, 0.4) is 0 Å². The van der Waals surface area contributed by atoms with Gasteiger partial charge in [0.25, 0.3) is 0 Å². The number of carboxylic acid groups (broad SMARTS) is 1. The molecule has 0 saturated heterocycles. The molecule has 0 heterocycles. The smallest absolute Gasteiger partial charge is 0.335 e. The van der Waals surface area contributed by atoms with Crippen LogP contribution in [-0.4, -0.2) is 33.0 Å². The zero-order valence-electron chi connectivity index (χ0n) is 7.12. The van der Waals surface area contributed by atoms with Gasteiger partial charge in [-0.1, -0.05) is 18.2 Å². The second-order valence-electron chi connectivity index (χ2n) is 1.67. The number of carboxylic acids is 1. The van der Waals surface area contributed by atoms with E-state index in [0.29, 0.717) is 5.56 Å². The average Bonchev–Trinajstić information content (AvgIpc) is 1.90. The van der Waals surface area contributed by atoms with Crippen LogP contribution < -0.4 is 0 Å². The van der Waals surface area contributed by atoms with Crippen LogP contribution in [-0.2, 0) is 17.1 Å². The first kappa shape index (κ1) is 29.2. The van der Waals surface area contributed by atoms with E-state index < -0.39 is 5.97 Å². The van der Waals surface area contributed by atoms with E-state index >= 15 is 0 Å². The molecule has 1 aromatic rings. The van der Waals surface area contributed by atoms with Gasteiger partial charge in [0, 0.05) is 17.1 Å². The normalized spacial score (nSPS) is 5.71. The van der Waals surface area contributed by atoms with E-state index in [2.05, 4.69) is 0 Å². The Bertz CT molecular complexity index is 215. The van der Waals surface area contributed by atoms with E-state index in [0.717, 1.165) is 0 Å². The number of hydrogen-bond acceptors (Lipinski definition) is 1. The minimum absolute atomic E-state index is 0. The van der Waals surface area contributed by atoms with E-state index in [9.17, 15) is 4.79 Å². The molecule has 1 radical (unpaired) electrons. The van der Waals surface area contributed by atoms with Crippen molar-refractivity contribution in [1.29, 1.82) is 0 Å². The molecule has 0 spiro atoms. The first-order valence-electron chi connectivity index (χ1n) is 2.59. The molecule has 0 atom stereocenters. The summed E-state index contributed by atoms with van der Waals surface area (Å²) in [6.07, 6.45) is 0. The van der Waals surface area contributed by atoms with Crippen LogP contribution in [0.2, 0.25) is 0 Å². The van der Waals surface area contributed by atoms with Crippen molar-refractivity contribution in [3.05, 3.63) is 35.9 Å². The maximum Gasteiger partial charge on any atom is 0.335 e. The molecule has 0 amide bonds. The van der Waals surface area contributed by atoms with Crippen LogP contribution in [0.15, 0.2) is 30.3 Å². The van der Waals surface area contributed by atoms with Gasteiger partial charge in [0.2, 0.25) is 0 Å². The Kier molecular flexibility index (Phi) is 30.4. The van der Waals surface area contributed by atoms with Crippen molar-refractivity contribution in [2.24, 2.45) is 0 Å². The predicted molar refractivity (Wildman–Crippen MR) is 47.9 cm³/mol. The minimum Gasteiger partial charge on any atom is -0.478 e. The van der Waals surface area contributed by atoms with E-state index in [4.69, 9.17) is 5.11 Å². The second kappa shape index (κ2) is 14.6. The summed E-state index contributed by atoms with van der Waals surface area (Å²) in [5.74, 6) is -0.879. The molecule has 0 aliphatic carbocycles. The number of aromatic carboxylic acids is 1. The molecule has 6 nitrogen and oxygen atoms in total. The maximum atomic E-state index is 10.2. The fourth-order valence-corrected chi connectivity index (χ4v) is 0.581. The number of benzene rings is 1. The molecule has 85 valence electrons. The molecule has 9 N–H and O–H groups in total. The molecular formula is C7H14MnO6. The molecule has 0 aromatic heterocycles. The Labute approximate surface area is 91.3 Å². The van der Waals surface area contributed by atoms with E-state index in [1.54, 1.807) is 30.3 Å². The second-order valence-corrected chi connectivity index (χ2v) is 1.67. The van der Waals surface area contributed by atoms with Crippen molar-refractivity contribution < 1.29 is 48.9 Å². The quantitative estimate of drug-likeness (QED) is 0.574. The van der Waals surface area contributed by atoms with E-state index in [1.165, 1.54) is 0 Å². The molecule has 0 aliphatic rings. The summed E-state index contributed by atoms with van der Waals surface area (Å²) in [5, 5.41) is 8.38. The molecule has 0 fully saturated rings. The van der Waals surface area contributed by atoms with Crippen molar-refractivity contribution in [3.8, 4) is 0 Å². The molecule has 0 saturated carbocycles.